The fourth-order valence-corrected chi connectivity index (χ4v) is 3.84. The topological polar surface area (TPSA) is 105 Å². The Labute approximate surface area is 182 Å². The van der Waals surface area contributed by atoms with Crippen LogP contribution in [0.15, 0.2) is 59.6 Å². The summed E-state index contributed by atoms with van der Waals surface area (Å²) < 4.78 is 0. The Morgan fingerprint density at radius 2 is 1.77 bits per heavy atom. The highest BCUT2D eigenvalue weighted by Crippen LogP contribution is 2.27. The Hall–Kier alpha value is -3.48. The second-order valence-corrected chi connectivity index (χ2v) is 7.76. The highest BCUT2D eigenvalue weighted by atomic mass is 16.2. The zero-order valence-corrected chi connectivity index (χ0v) is 18.0. The molecule has 162 valence electrons. The van der Waals surface area contributed by atoms with Gasteiger partial charge in [0, 0.05) is 30.0 Å². The predicted octanol–water partition coefficient (Wildman–Crippen LogP) is 2.48. The fourth-order valence-electron chi connectivity index (χ4n) is 3.84. The van der Waals surface area contributed by atoms with Gasteiger partial charge in [-0.1, -0.05) is 68.8 Å². The van der Waals surface area contributed by atoms with Crippen molar-refractivity contribution >= 4 is 29.1 Å². The Morgan fingerprint density at radius 1 is 1.13 bits per heavy atom. The molecule has 31 heavy (non-hydrogen) atoms. The minimum absolute atomic E-state index is 0.356. The van der Waals surface area contributed by atoms with E-state index in [-0.39, 0.29) is 5.91 Å². The number of aliphatic imine (C=N–C) groups is 1. The summed E-state index contributed by atoms with van der Waals surface area (Å²) in [5.74, 6) is -2.57. The van der Waals surface area contributed by atoms with Gasteiger partial charge >= 0.3 is 0 Å². The minimum Gasteiger partial charge on any atom is -0.369 e. The number of para-hydroxylation sites is 1. The molecule has 0 spiro atoms. The maximum atomic E-state index is 13.2. The zero-order valence-electron chi connectivity index (χ0n) is 18.0. The van der Waals surface area contributed by atoms with Gasteiger partial charge in [0.15, 0.2) is 0 Å². The number of hydrogen-bond acceptors (Lipinski definition) is 4. The molecule has 3 N–H and O–H groups in total. The molecule has 0 aromatic heterocycles. The smallest absolute Gasteiger partial charge is 0.272 e. The number of nitrogens with one attached hydrogen (secondary N) is 1. The summed E-state index contributed by atoms with van der Waals surface area (Å²) in [6.07, 6.45) is 0.117. The molecule has 7 heteroatoms. The fraction of sp³-hybridized carbons (Fsp3) is 0.333. The number of benzene rings is 2. The number of carbonyl (C=O) groups excluding carboxylic acids is 3. The van der Waals surface area contributed by atoms with E-state index in [0.717, 1.165) is 17.5 Å². The van der Waals surface area contributed by atoms with Gasteiger partial charge in [0.2, 0.25) is 18.0 Å². The van der Waals surface area contributed by atoms with E-state index < -0.39 is 29.8 Å². The van der Waals surface area contributed by atoms with Crippen molar-refractivity contribution in [2.24, 2.45) is 22.6 Å². The van der Waals surface area contributed by atoms with Gasteiger partial charge in [-0.25, -0.2) is 4.99 Å². The van der Waals surface area contributed by atoms with E-state index in [1.54, 1.807) is 14.0 Å². The molecule has 0 fully saturated rings. The lowest BCUT2D eigenvalue weighted by Crippen LogP contribution is -2.49. The maximum Gasteiger partial charge on any atom is 0.272 e. The average Bonchev–Trinajstić information content (AvgIpc) is 2.88. The molecule has 2 aromatic rings. The van der Waals surface area contributed by atoms with Gasteiger partial charge in [-0.2, -0.15) is 0 Å². The molecule has 0 saturated carbocycles. The highest BCUT2D eigenvalue weighted by Gasteiger charge is 2.34. The molecule has 0 aliphatic carbocycles. The summed E-state index contributed by atoms with van der Waals surface area (Å²) in [5.41, 5.74) is 8.47. The van der Waals surface area contributed by atoms with Crippen LogP contribution in [-0.2, 0) is 14.4 Å². The van der Waals surface area contributed by atoms with Crippen LogP contribution in [0.25, 0.3) is 0 Å². The van der Waals surface area contributed by atoms with E-state index in [0.29, 0.717) is 17.8 Å². The third kappa shape index (κ3) is 4.66. The second kappa shape index (κ2) is 9.55. The van der Waals surface area contributed by atoms with Gasteiger partial charge in [0.05, 0.1) is 11.4 Å². The molecule has 0 radical (unpaired) electrons. The van der Waals surface area contributed by atoms with Crippen molar-refractivity contribution in [2.45, 2.75) is 32.9 Å². The van der Waals surface area contributed by atoms with Crippen LogP contribution in [0.5, 0.6) is 0 Å². The molecule has 1 heterocycles. The first kappa shape index (κ1) is 22.2. The SMILES string of the molecule is CCCC(C(N)=O)C(C)C(=O)N[C@H]1N=C(c2ccccc2)c2ccccc2N(C)C1=O. The Kier molecular flexibility index (Phi) is 6.84. The van der Waals surface area contributed by atoms with Gasteiger partial charge in [-0.15, -0.1) is 0 Å². The molecule has 3 rings (SSSR count). The van der Waals surface area contributed by atoms with Crippen LogP contribution in [0.4, 0.5) is 5.69 Å². The first-order chi connectivity index (χ1) is 14.8. The van der Waals surface area contributed by atoms with Crippen LogP contribution in [0.3, 0.4) is 0 Å². The first-order valence-electron chi connectivity index (χ1n) is 10.4. The number of fused-ring (bicyclic) bond motifs is 1. The lowest BCUT2D eigenvalue weighted by atomic mass is 9.88. The lowest BCUT2D eigenvalue weighted by molar-refractivity contribution is -0.134. The molecule has 7 nitrogen and oxygen atoms in total. The third-order valence-electron chi connectivity index (χ3n) is 5.65. The normalized spacial score (nSPS) is 17.8. The Balaban J connectivity index is 1.99. The molecule has 0 bridgehead atoms. The third-order valence-corrected chi connectivity index (χ3v) is 5.65. The first-order valence-corrected chi connectivity index (χ1v) is 10.4. The van der Waals surface area contributed by atoms with E-state index in [9.17, 15) is 14.4 Å². The van der Waals surface area contributed by atoms with Crippen LogP contribution >= 0.6 is 0 Å². The molecule has 2 aromatic carbocycles. The van der Waals surface area contributed by atoms with Crippen LogP contribution in [0.1, 0.15) is 37.8 Å². The van der Waals surface area contributed by atoms with Gasteiger partial charge in [0.25, 0.3) is 5.91 Å². The van der Waals surface area contributed by atoms with Crippen LogP contribution in [0.2, 0.25) is 0 Å². The van der Waals surface area contributed by atoms with Crippen LogP contribution in [-0.4, -0.2) is 36.6 Å². The molecule has 1 aliphatic rings. The number of anilines is 1. The van der Waals surface area contributed by atoms with Crippen LogP contribution < -0.4 is 16.0 Å². The lowest BCUT2D eigenvalue weighted by Gasteiger charge is -2.24. The molecule has 0 saturated heterocycles. The van der Waals surface area contributed by atoms with E-state index in [2.05, 4.69) is 10.3 Å². The van der Waals surface area contributed by atoms with Crippen molar-refractivity contribution in [3.8, 4) is 0 Å². The number of hydrogen-bond donors (Lipinski definition) is 2. The number of rotatable bonds is 7. The molecule has 1 aliphatic heterocycles. The summed E-state index contributed by atoms with van der Waals surface area (Å²) in [7, 11) is 1.66. The number of likely N-dealkylation sites (N-methyl/N-ethyl adjacent to an activating group) is 1. The van der Waals surface area contributed by atoms with Crippen molar-refractivity contribution in [3.63, 3.8) is 0 Å². The number of primary amides is 1. The van der Waals surface area contributed by atoms with Crippen molar-refractivity contribution in [1.82, 2.24) is 5.32 Å². The van der Waals surface area contributed by atoms with E-state index >= 15 is 0 Å². The summed E-state index contributed by atoms with van der Waals surface area (Å²) in [4.78, 5) is 44.1. The van der Waals surface area contributed by atoms with Crippen molar-refractivity contribution < 1.29 is 14.4 Å². The Morgan fingerprint density at radius 3 is 2.42 bits per heavy atom. The van der Waals surface area contributed by atoms with Crippen molar-refractivity contribution in [2.75, 3.05) is 11.9 Å². The van der Waals surface area contributed by atoms with E-state index in [1.807, 2.05) is 61.5 Å². The van der Waals surface area contributed by atoms with Crippen LogP contribution in [0, 0.1) is 11.8 Å². The zero-order chi connectivity index (χ0) is 22.5. The number of amides is 3. The summed E-state index contributed by atoms with van der Waals surface area (Å²) in [6.45, 7) is 3.58. The molecule has 2 unspecified atom stereocenters. The summed E-state index contributed by atoms with van der Waals surface area (Å²) >= 11 is 0. The highest BCUT2D eigenvalue weighted by molar-refractivity contribution is 6.20. The average molecular weight is 421 g/mol. The Bertz CT molecular complexity index is 1000. The predicted molar refractivity (Wildman–Crippen MR) is 121 cm³/mol. The molecule has 3 atom stereocenters. The van der Waals surface area contributed by atoms with Crippen molar-refractivity contribution in [3.05, 3.63) is 65.7 Å². The van der Waals surface area contributed by atoms with Crippen molar-refractivity contribution in [1.29, 1.82) is 0 Å². The number of carbonyl (C=O) groups is 3. The van der Waals surface area contributed by atoms with Gasteiger partial charge in [0.1, 0.15) is 0 Å². The van der Waals surface area contributed by atoms with Gasteiger partial charge < -0.3 is 16.0 Å². The molecular weight excluding hydrogens is 392 g/mol. The molecular formula is C24H28N4O3. The van der Waals surface area contributed by atoms with Gasteiger partial charge in [-0.3, -0.25) is 14.4 Å². The minimum atomic E-state index is -1.11. The van der Waals surface area contributed by atoms with E-state index in [4.69, 9.17) is 5.73 Å². The van der Waals surface area contributed by atoms with Gasteiger partial charge in [-0.05, 0) is 12.5 Å². The largest absolute Gasteiger partial charge is 0.369 e. The summed E-state index contributed by atoms with van der Waals surface area (Å²) in [6, 6.07) is 17.0. The number of nitrogens with zero attached hydrogens (tertiary/aromatic N) is 2. The summed E-state index contributed by atoms with van der Waals surface area (Å²) in [5, 5.41) is 2.74. The van der Waals surface area contributed by atoms with E-state index in [1.165, 1.54) is 4.90 Å². The quantitative estimate of drug-likeness (QED) is 0.719. The standard InChI is InChI=1S/C24H28N4O3/c1-4-10-17(21(25)29)15(2)23(30)27-22-24(31)28(3)19-14-9-8-13-18(19)20(26-22)16-11-6-5-7-12-16/h5-9,11-15,17,22H,4,10H2,1-3H3,(H2,25,29)(H,27,30)/t15?,17?,22-/m1/s1. The monoisotopic (exact) mass is 420 g/mol. The second-order valence-electron chi connectivity index (χ2n) is 7.76. The molecule has 3 amide bonds. The number of benzodiazepines with no additional fused rings is 1. The maximum absolute atomic E-state index is 13.2. The number of nitrogens with two attached hydrogens (primary N) is 1.